The number of hydrogen-bond acceptors (Lipinski definition) is 2. The molecule has 0 N–H and O–H groups in total. The molecule has 0 amide bonds. The van der Waals surface area contributed by atoms with E-state index in [0.717, 1.165) is 50.3 Å². The first kappa shape index (κ1) is 39.0. The predicted molar refractivity (Wildman–Crippen MR) is 224 cm³/mol. The largest absolute Gasteiger partial charge is 0.510 e. The average Bonchev–Trinajstić information content (AvgIpc) is 3.75. The minimum atomic E-state index is -0.185. The number of pyridine rings is 1. The van der Waals surface area contributed by atoms with E-state index in [-0.39, 0.29) is 37.3 Å². The number of aromatic nitrogens is 4. The zero-order chi connectivity index (χ0) is 38.7. The molecule has 0 bridgehead atoms. The van der Waals surface area contributed by atoms with Gasteiger partial charge in [-0.2, -0.15) is 18.2 Å². The Hall–Kier alpha value is -5.25. The fraction of sp³-hybridized carbons (Fsp3) is 0.240. The van der Waals surface area contributed by atoms with Gasteiger partial charge in [0.25, 0.3) is 6.33 Å². The quantitative estimate of drug-likeness (QED) is 0.123. The summed E-state index contributed by atoms with van der Waals surface area (Å²) in [6.07, 6.45) is 7.78. The maximum absolute atomic E-state index is 6.57. The molecule has 0 atom stereocenters. The molecule has 6 heteroatoms. The molecule has 3 aromatic heterocycles. The molecule has 0 aliphatic heterocycles. The summed E-state index contributed by atoms with van der Waals surface area (Å²) in [5, 5.41) is 2.24. The summed E-state index contributed by atoms with van der Waals surface area (Å²) in [5.41, 5.74) is 9.65. The number of hydrogen-bond donors (Lipinski definition) is 0. The van der Waals surface area contributed by atoms with E-state index in [9.17, 15) is 0 Å². The molecule has 0 aliphatic rings. The third kappa shape index (κ3) is 7.50. The molecule has 5 aromatic carbocycles. The van der Waals surface area contributed by atoms with Crippen molar-refractivity contribution >= 4 is 21.8 Å². The second-order valence-corrected chi connectivity index (χ2v) is 17.5. The number of imidazole rings is 1. The first-order valence-corrected chi connectivity index (χ1v) is 19.1. The van der Waals surface area contributed by atoms with E-state index < -0.39 is 0 Å². The first-order chi connectivity index (χ1) is 26.1. The molecule has 0 saturated carbocycles. The summed E-state index contributed by atoms with van der Waals surface area (Å²) in [4.78, 5) is 4.83. The Labute approximate surface area is 345 Å². The van der Waals surface area contributed by atoms with E-state index >= 15 is 0 Å². The Bertz CT molecular complexity index is 2680. The van der Waals surface area contributed by atoms with E-state index in [2.05, 4.69) is 198 Å². The van der Waals surface area contributed by atoms with Gasteiger partial charge in [-0.1, -0.05) is 128 Å². The summed E-state index contributed by atoms with van der Waals surface area (Å²) >= 11 is 0. The minimum absolute atomic E-state index is 0. The zero-order valence-electron chi connectivity index (χ0n) is 33.6. The van der Waals surface area contributed by atoms with Gasteiger partial charge in [0.05, 0.1) is 11.4 Å². The van der Waals surface area contributed by atoms with Gasteiger partial charge in [0.15, 0.2) is 0 Å². The third-order valence-electron chi connectivity index (χ3n) is 10.3. The molecule has 56 heavy (non-hydrogen) atoms. The normalized spacial score (nSPS) is 12.2. The van der Waals surface area contributed by atoms with Crippen molar-refractivity contribution in [2.45, 2.75) is 78.6 Å². The SMILES string of the molecule is CC(C)(C)c1ccnc(-n2c3[c-]c(Oc4[c-]c(-n5[c-][n+](-c6ccc(C(C)(C)C)cc6-c6ccccc6)cc5C(C)(C)C)ccc4)ccc3c3ccccc32)c1.[Pt]. The van der Waals surface area contributed by atoms with Crippen LogP contribution in [0, 0.1) is 18.5 Å². The maximum atomic E-state index is 6.57. The minimum Gasteiger partial charge on any atom is -0.510 e. The molecular weight excluding hydrogens is 868 g/mol. The predicted octanol–water partition coefficient (Wildman–Crippen LogP) is 12.0. The second kappa shape index (κ2) is 14.7. The topological polar surface area (TPSA) is 35.9 Å². The van der Waals surface area contributed by atoms with Gasteiger partial charge in [-0.15, -0.1) is 29.7 Å². The van der Waals surface area contributed by atoms with Crippen LogP contribution in [0.5, 0.6) is 11.5 Å². The van der Waals surface area contributed by atoms with Crippen molar-refractivity contribution in [3.05, 3.63) is 163 Å². The van der Waals surface area contributed by atoms with E-state index in [1.807, 2.05) is 24.4 Å². The van der Waals surface area contributed by atoms with Crippen molar-refractivity contribution in [1.82, 2.24) is 14.1 Å². The molecule has 3 heterocycles. The number of fused-ring (bicyclic) bond motifs is 3. The molecule has 0 unspecified atom stereocenters. The molecule has 5 nitrogen and oxygen atoms in total. The third-order valence-corrected chi connectivity index (χ3v) is 10.3. The molecule has 0 fully saturated rings. The van der Waals surface area contributed by atoms with Gasteiger partial charge < -0.3 is 13.9 Å². The Morgan fingerprint density at radius 2 is 1.32 bits per heavy atom. The van der Waals surface area contributed by atoms with Crippen LogP contribution in [0.3, 0.4) is 0 Å². The molecule has 0 aliphatic carbocycles. The van der Waals surface area contributed by atoms with Crippen LogP contribution in [0.15, 0.2) is 128 Å². The standard InChI is InChI=1S/C50H48N4O.Pt/c1-48(2,3)35-22-25-43(42(28-35)34-16-11-10-12-17-34)52-32-46(50(7,8)9)53(33-52)37-18-15-19-38(30-37)55-39-23-24-41-40-20-13-14-21-44(40)54(45(41)31-39)47-29-36(26-27-51-47)49(4,5)6;/h10-29,32H,1-9H3;/q-2;. The number of rotatable bonds is 6. The average molecular weight is 916 g/mol. The Kier molecular flexibility index (Phi) is 10.2. The van der Waals surface area contributed by atoms with Crippen LogP contribution >= 0.6 is 0 Å². The van der Waals surface area contributed by atoms with Gasteiger partial charge in [-0.25, -0.2) is 4.98 Å². The second-order valence-electron chi connectivity index (χ2n) is 17.5. The van der Waals surface area contributed by atoms with Crippen molar-refractivity contribution in [2.75, 3.05) is 0 Å². The Morgan fingerprint density at radius 1 is 0.625 bits per heavy atom. The van der Waals surface area contributed by atoms with Gasteiger partial charge in [0, 0.05) is 50.5 Å². The van der Waals surface area contributed by atoms with Gasteiger partial charge in [-0.05, 0) is 73.8 Å². The fourth-order valence-electron chi connectivity index (χ4n) is 7.19. The number of para-hydroxylation sites is 1. The molecular formula is C50H48N4OPt-2. The van der Waals surface area contributed by atoms with Gasteiger partial charge in [-0.3, -0.25) is 4.57 Å². The first-order valence-electron chi connectivity index (χ1n) is 19.1. The molecule has 286 valence electrons. The summed E-state index contributed by atoms with van der Waals surface area (Å²) in [7, 11) is 0. The van der Waals surface area contributed by atoms with Crippen LogP contribution in [0.1, 0.15) is 79.1 Å². The van der Waals surface area contributed by atoms with Gasteiger partial charge in [0.2, 0.25) is 0 Å². The molecule has 0 radical (unpaired) electrons. The summed E-state index contributed by atoms with van der Waals surface area (Å²) in [5.74, 6) is 2.05. The molecule has 8 aromatic rings. The van der Waals surface area contributed by atoms with Crippen LogP contribution < -0.4 is 9.30 Å². The smallest absolute Gasteiger partial charge is 0.267 e. The Balaban J connectivity index is 0.00000480. The monoisotopic (exact) mass is 915 g/mol. The molecule has 0 saturated heterocycles. The zero-order valence-corrected chi connectivity index (χ0v) is 35.9. The van der Waals surface area contributed by atoms with Crippen molar-refractivity contribution < 1.29 is 30.4 Å². The summed E-state index contributed by atoms with van der Waals surface area (Å²) in [6.45, 7) is 20.1. The van der Waals surface area contributed by atoms with Crippen LogP contribution in [-0.4, -0.2) is 14.1 Å². The molecule has 8 rings (SSSR count). The van der Waals surface area contributed by atoms with Crippen molar-refractivity contribution in [3.63, 3.8) is 0 Å². The number of ether oxygens (including phenoxy) is 1. The fourth-order valence-corrected chi connectivity index (χ4v) is 7.19. The van der Waals surface area contributed by atoms with Crippen molar-refractivity contribution in [1.29, 1.82) is 0 Å². The van der Waals surface area contributed by atoms with E-state index in [4.69, 9.17) is 9.72 Å². The maximum Gasteiger partial charge on any atom is 0.267 e. The Morgan fingerprint density at radius 3 is 2.05 bits per heavy atom. The number of benzene rings is 5. The summed E-state index contributed by atoms with van der Waals surface area (Å²) < 4.78 is 13.0. The van der Waals surface area contributed by atoms with Crippen molar-refractivity contribution in [3.8, 4) is 39.8 Å². The van der Waals surface area contributed by atoms with Gasteiger partial charge >= 0.3 is 0 Å². The van der Waals surface area contributed by atoms with E-state index in [1.54, 1.807) is 0 Å². The summed E-state index contributed by atoms with van der Waals surface area (Å²) in [6, 6.07) is 47.4. The van der Waals surface area contributed by atoms with Crippen molar-refractivity contribution in [2.24, 2.45) is 0 Å². The van der Waals surface area contributed by atoms with Crippen LogP contribution in [0.25, 0.3) is 50.1 Å². The number of nitrogens with zero attached hydrogens (tertiary/aromatic N) is 4. The van der Waals surface area contributed by atoms with E-state index in [1.165, 1.54) is 16.7 Å². The van der Waals surface area contributed by atoms with E-state index in [0.29, 0.717) is 11.5 Å². The molecule has 0 spiro atoms. The van der Waals surface area contributed by atoms with Crippen LogP contribution in [0.4, 0.5) is 0 Å². The van der Waals surface area contributed by atoms with Gasteiger partial charge in [0.1, 0.15) is 5.82 Å². The van der Waals surface area contributed by atoms with Crippen LogP contribution in [-0.2, 0) is 37.3 Å². The van der Waals surface area contributed by atoms with Crippen LogP contribution in [0.2, 0.25) is 0 Å².